The predicted molar refractivity (Wildman–Crippen MR) is 61.9 cm³/mol. The molecule has 0 aliphatic carbocycles. The molecule has 90 valence electrons. The Balaban J connectivity index is 2.55. The lowest BCUT2D eigenvalue weighted by molar-refractivity contribution is -0.0704. The summed E-state index contributed by atoms with van der Waals surface area (Å²) in [6, 6.07) is 0.714. The number of ether oxygens (including phenoxy) is 1. The monoisotopic (exact) mass is 215 g/mol. The van der Waals surface area contributed by atoms with E-state index < -0.39 is 0 Å². The first kappa shape index (κ1) is 12.9. The van der Waals surface area contributed by atoms with Gasteiger partial charge in [0.05, 0.1) is 11.2 Å². The summed E-state index contributed by atoms with van der Waals surface area (Å²) < 4.78 is 6.00. The fourth-order valence-electron chi connectivity index (χ4n) is 2.44. The Bertz CT molecular complexity index is 214. The molecular formula is C12H25NO2. The lowest BCUT2D eigenvalue weighted by Gasteiger charge is -2.29. The quantitative estimate of drug-likeness (QED) is 0.750. The van der Waals surface area contributed by atoms with Gasteiger partial charge in [-0.3, -0.25) is 0 Å². The van der Waals surface area contributed by atoms with Crippen molar-refractivity contribution in [2.75, 3.05) is 6.61 Å². The van der Waals surface area contributed by atoms with E-state index in [0.29, 0.717) is 12.1 Å². The van der Waals surface area contributed by atoms with Gasteiger partial charge in [-0.25, -0.2) is 0 Å². The minimum atomic E-state index is -0.118. The zero-order valence-corrected chi connectivity index (χ0v) is 10.6. The zero-order chi connectivity index (χ0) is 11.7. The van der Waals surface area contributed by atoms with Crippen LogP contribution in [0.25, 0.3) is 0 Å². The molecule has 1 aliphatic heterocycles. The first-order chi connectivity index (χ1) is 6.77. The van der Waals surface area contributed by atoms with Gasteiger partial charge in [0.1, 0.15) is 0 Å². The summed E-state index contributed by atoms with van der Waals surface area (Å²) in [4.78, 5) is 0. The molecule has 2 unspecified atom stereocenters. The molecule has 3 nitrogen and oxygen atoms in total. The molecule has 0 radical (unpaired) electrons. The van der Waals surface area contributed by atoms with Crippen molar-refractivity contribution in [3.63, 3.8) is 0 Å². The lowest BCUT2D eigenvalue weighted by Crippen LogP contribution is -2.47. The fraction of sp³-hybridized carbons (Fsp3) is 1.00. The minimum absolute atomic E-state index is 0.0416. The van der Waals surface area contributed by atoms with Crippen molar-refractivity contribution >= 4 is 0 Å². The van der Waals surface area contributed by atoms with Gasteiger partial charge in [0, 0.05) is 18.7 Å². The van der Waals surface area contributed by atoms with Crippen LogP contribution in [-0.4, -0.2) is 35.0 Å². The number of aliphatic hydroxyl groups is 1. The Morgan fingerprint density at radius 3 is 2.40 bits per heavy atom. The van der Waals surface area contributed by atoms with E-state index in [1.54, 1.807) is 0 Å². The molecule has 1 fully saturated rings. The van der Waals surface area contributed by atoms with Crippen molar-refractivity contribution < 1.29 is 9.84 Å². The highest BCUT2D eigenvalue weighted by Gasteiger charge is 2.45. The Morgan fingerprint density at radius 1 is 1.40 bits per heavy atom. The number of nitrogens with one attached hydrogen (secondary N) is 1. The van der Waals surface area contributed by atoms with Gasteiger partial charge in [0.2, 0.25) is 0 Å². The molecule has 2 atom stereocenters. The third-order valence-corrected chi connectivity index (χ3v) is 3.12. The van der Waals surface area contributed by atoms with Crippen LogP contribution in [0.15, 0.2) is 0 Å². The molecule has 1 heterocycles. The molecule has 0 spiro atoms. The standard InChI is InChI=1S/C12H25NO2/c1-9(6-7-14)13-10-8-11(2,3)15-12(10,4)5/h9-10,13-14H,6-8H2,1-5H3. The van der Waals surface area contributed by atoms with Crippen LogP contribution < -0.4 is 5.32 Å². The van der Waals surface area contributed by atoms with Gasteiger partial charge in [-0.05, 0) is 47.5 Å². The van der Waals surface area contributed by atoms with Crippen LogP contribution in [0, 0.1) is 0 Å². The third kappa shape index (κ3) is 3.44. The lowest BCUT2D eigenvalue weighted by atomic mass is 9.93. The van der Waals surface area contributed by atoms with Crippen molar-refractivity contribution in [1.29, 1.82) is 0 Å². The molecule has 2 N–H and O–H groups in total. The summed E-state index contributed by atoms with van der Waals surface area (Å²) in [7, 11) is 0. The topological polar surface area (TPSA) is 41.5 Å². The second-order valence-corrected chi connectivity index (χ2v) is 5.80. The highest BCUT2D eigenvalue weighted by Crippen LogP contribution is 2.37. The van der Waals surface area contributed by atoms with Crippen molar-refractivity contribution in [2.45, 2.75) is 70.7 Å². The number of aliphatic hydroxyl groups excluding tert-OH is 1. The molecule has 0 bridgehead atoms. The molecule has 1 saturated heterocycles. The van der Waals surface area contributed by atoms with Crippen molar-refractivity contribution in [3.05, 3.63) is 0 Å². The van der Waals surface area contributed by atoms with Gasteiger partial charge in [0.15, 0.2) is 0 Å². The first-order valence-corrected chi connectivity index (χ1v) is 5.84. The molecule has 0 aromatic rings. The maximum absolute atomic E-state index is 8.87. The van der Waals surface area contributed by atoms with Crippen LogP contribution in [0.2, 0.25) is 0 Å². The molecule has 1 rings (SSSR count). The van der Waals surface area contributed by atoms with Gasteiger partial charge in [0.25, 0.3) is 0 Å². The van der Waals surface area contributed by atoms with E-state index in [2.05, 4.69) is 39.9 Å². The first-order valence-electron chi connectivity index (χ1n) is 5.84. The summed E-state index contributed by atoms with van der Waals surface area (Å²) in [5, 5.41) is 12.4. The van der Waals surface area contributed by atoms with Gasteiger partial charge in [-0.15, -0.1) is 0 Å². The highest BCUT2D eigenvalue weighted by atomic mass is 16.5. The van der Waals surface area contributed by atoms with Gasteiger partial charge < -0.3 is 15.2 Å². The molecule has 1 aliphatic rings. The number of rotatable bonds is 4. The van der Waals surface area contributed by atoms with Gasteiger partial charge in [-0.2, -0.15) is 0 Å². The molecule has 15 heavy (non-hydrogen) atoms. The number of hydrogen-bond donors (Lipinski definition) is 2. The summed E-state index contributed by atoms with van der Waals surface area (Å²) in [6.07, 6.45) is 1.82. The Hall–Kier alpha value is -0.120. The summed E-state index contributed by atoms with van der Waals surface area (Å²) in [5.74, 6) is 0. The predicted octanol–water partition coefficient (Wildman–Crippen LogP) is 1.69. The SMILES string of the molecule is CC(CCO)NC1CC(C)(C)OC1(C)C. The van der Waals surface area contributed by atoms with Gasteiger partial charge >= 0.3 is 0 Å². The maximum atomic E-state index is 8.87. The zero-order valence-electron chi connectivity index (χ0n) is 10.6. The smallest absolute Gasteiger partial charge is 0.0787 e. The maximum Gasteiger partial charge on any atom is 0.0787 e. The van der Waals surface area contributed by atoms with E-state index in [4.69, 9.17) is 9.84 Å². The number of hydrogen-bond acceptors (Lipinski definition) is 3. The normalized spacial score (nSPS) is 30.4. The largest absolute Gasteiger partial charge is 0.396 e. The van der Waals surface area contributed by atoms with Crippen LogP contribution in [0.3, 0.4) is 0 Å². The van der Waals surface area contributed by atoms with Crippen LogP contribution in [-0.2, 0) is 4.74 Å². The Kier molecular flexibility index (Phi) is 3.80. The summed E-state index contributed by atoms with van der Waals surface area (Å²) >= 11 is 0. The van der Waals surface area contributed by atoms with E-state index in [0.717, 1.165) is 12.8 Å². The molecule has 0 aromatic heterocycles. The summed E-state index contributed by atoms with van der Waals surface area (Å²) in [6.45, 7) is 10.9. The van der Waals surface area contributed by atoms with Crippen molar-refractivity contribution in [2.24, 2.45) is 0 Å². The third-order valence-electron chi connectivity index (χ3n) is 3.12. The Labute approximate surface area is 93.2 Å². The van der Waals surface area contributed by atoms with Gasteiger partial charge in [-0.1, -0.05) is 0 Å². The van der Waals surface area contributed by atoms with E-state index >= 15 is 0 Å². The van der Waals surface area contributed by atoms with E-state index in [1.807, 2.05) is 0 Å². The van der Waals surface area contributed by atoms with E-state index in [9.17, 15) is 0 Å². The molecule has 3 heteroatoms. The molecule has 0 aromatic carbocycles. The van der Waals surface area contributed by atoms with E-state index in [-0.39, 0.29) is 17.8 Å². The minimum Gasteiger partial charge on any atom is -0.396 e. The second-order valence-electron chi connectivity index (χ2n) is 5.80. The van der Waals surface area contributed by atoms with Crippen LogP contribution in [0.4, 0.5) is 0 Å². The Morgan fingerprint density at radius 2 is 2.00 bits per heavy atom. The average Bonchev–Trinajstić information content (AvgIpc) is 2.19. The van der Waals surface area contributed by atoms with Crippen LogP contribution >= 0.6 is 0 Å². The van der Waals surface area contributed by atoms with Crippen molar-refractivity contribution in [3.8, 4) is 0 Å². The fourth-order valence-corrected chi connectivity index (χ4v) is 2.44. The second kappa shape index (κ2) is 4.40. The van der Waals surface area contributed by atoms with Crippen LogP contribution in [0.5, 0.6) is 0 Å². The van der Waals surface area contributed by atoms with E-state index in [1.165, 1.54) is 0 Å². The van der Waals surface area contributed by atoms with Crippen molar-refractivity contribution in [1.82, 2.24) is 5.32 Å². The molecule has 0 saturated carbocycles. The highest BCUT2D eigenvalue weighted by molar-refractivity contribution is 4.99. The van der Waals surface area contributed by atoms with Crippen LogP contribution in [0.1, 0.15) is 47.5 Å². The summed E-state index contributed by atoms with van der Waals surface area (Å²) in [5.41, 5.74) is -0.159. The molecular weight excluding hydrogens is 190 g/mol. The average molecular weight is 215 g/mol. The molecule has 0 amide bonds.